The summed E-state index contributed by atoms with van der Waals surface area (Å²) in [4.78, 5) is 50.3. The van der Waals surface area contributed by atoms with Crippen LogP contribution in [0.5, 0.6) is 0 Å². The third-order valence-electron chi connectivity index (χ3n) is 18.3. The summed E-state index contributed by atoms with van der Waals surface area (Å²) in [6.45, 7) is 22.7. The van der Waals surface area contributed by atoms with Crippen molar-refractivity contribution in [3.63, 3.8) is 0 Å². The van der Waals surface area contributed by atoms with E-state index in [9.17, 15) is 19.2 Å². The van der Waals surface area contributed by atoms with Crippen LogP contribution in [0.15, 0.2) is 0 Å². The van der Waals surface area contributed by atoms with Crippen molar-refractivity contribution in [1.82, 2.24) is 0 Å². The van der Waals surface area contributed by atoms with Gasteiger partial charge in [-0.3, -0.25) is 9.59 Å². The Bertz CT molecular complexity index is 1470. The second-order valence-corrected chi connectivity index (χ2v) is 23.5. The molecule has 0 aromatic heterocycles. The molecule has 12 bridgehead atoms. The molecule has 0 saturated heterocycles. The average Bonchev–Trinajstić information content (AvgIpc) is 3.11. The van der Waals surface area contributed by atoms with Crippen LogP contribution in [-0.2, 0) is 38.1 Å². The minimum absolute atomic E-state index is 0.0835. The van der Waals surface area contributed by atoms with Crippen LogP contribution in [0.2, 0.25) is 0 Å². The number of hydrogen-bond acceptors (Lipinski definition) is 8. The predicted molar refractivity (Wildman–Crippen MR) is 215 cm³/mol. The topological polar surface area (TPSA) is 105 Å². The molecule has 0 aliphatic heterocycles. The van der Waals surface area contributed by atoms with Gasteiger partial charge < -0.3 is 18.9 Å². The molecule has 0 spiro atoms. The van der Waals surface area contributed by atoms with E-state index in [0.717, 1.165) is 59.2 Å². The summed E-state index contributed by atoms with van der Waals surface area (Å²) in [5.74, 6) is 7.35. The third kappa shape index (κ3) is 7.06. The van der Waals surface area contributed by atoms with E-state index in [1.54, 1.807) is 13.8 Å². The van der Waals surface area contributed by atoms with E-state index in [2.05, 4.69) is 27.7 Å². The highest BCUT2D eigenvalue weighted by atomic mass is 16.6. The average molecular weight is 781 g/mol. The normalized spacial score (nSPS) is 38.9. The van der Waals surface area contributed by atoms with Crippen LogP contribution in [-0.4, -0.2) is 47.3 Å². The van der Waals surface area contributed by atoms with Crippen LogP contribution in [0, 0.1) is 80.8 Å². The van der Waals surface area contributed by atoms with Crippen LogP contribution >= 0.6 is 0 Å². The van der Waals surface area contributed by atoms with Crippen molar-refractivity contribution in [3.05, 3.63) is 0 Å². The summed E-state index contributed by atoms with van der Waals surface area (Å²) in [5.41, 5.74) is -3.28. The zero-order chi connectivity index (χ0) is 41.0. The molecule has 0 unspecified atom stereocenters. The summed E-state index contributed by atoms with van der Waals surface area (Å²) in [6.07, 6.45) is 17.0. The Balaban J connectivity index is 0.000000172. The summed E-state index contributed by atoms with van der Waals surface area (Å²) < 4.78 is 23.1. The zero-order valence-electron chi connectivity index (χ0n) is 37.1. The molecule has 0 aromatic carbocycles. The molecular weight excluding hydrogens is 705 g/mol. The van der Waals surface area contributed by atoms with Gasteiger partial charge in [0.2, 0.25) is 5.60 Å². The second kappa shape index (κ2) is 14.0. The van der Waals surface area contributed by atoms with Crippen molar-refractivity contribution in [2.75, 3.05) is 6.61 Å². The molecule has 11 rings (SSSR count). The van der Waals surface area contributed by atoms with Gasteiger partial charge in [-0.2, -0.15) is 0 Å². The molecule has 0 heterocycles. The van der Waals surface area contributed by atoms with Gasteiger partial charge in [0.25, 0.3) is 0 Å². The molecule has 0 aromatic rings. The highest BCUT2D eigenvalue weighted by molar-refractivity contribution is 5.84. The molecule has 0 amide bonds. The molecular formula is C48H76O8. The minimum atomic E-state index is -1.27. The second-order valence-electron chi connectivity index (χ2n) is 23.5. The molecule has 8 heteroatoms. The fraction of sp³-hybridized carbons (Fsp3) is 0.917. The first-order valence-electron chi connectivity index (χ1n) is 22.7. The van der Waals surface area contributed by atoms with Crippen molar-refractivity contribution in [2.24, 2.45) is 80.8 Å². The summed E-state index contributed by atoms with van der Waals surface area (Å²) in [7, 11) is 0. The van der Waals surface area contributed by atoms with Gasteiger partial charge in [0.05, 0.1) is 10.8 Å². The Morgan fingerprint density at radius 1 is 0.464 bits per heavy atom. The smallest absolute Gasteiger partial charge is 0.350 e. The number of carbonyl (C=O) groups is 4. The molecule has 8 nitrogen and oxygen atoms in total. The van der Waals surface area contributed by atoms with E-state index < -0.39 is 39.6 Å². The first-order valence-corrected chi connectivity index (χ1v) is 22.7. The quantitative estimate of drug-likeness (QED) is 0.142. The molecule has 11 aliphatic rings. The highest BCUT2D eigenvalue weighted by Gasteiger charge is 2.70. The lowest BCUT2D eigenvalue weighted by atomic mass is 9.31. The number of carbonyl (C=O) groups excluding carboxylic acids is 4. The molecule has 0 radical (unpaired) electrons. The van der Waals surface area contributed by atoms with E-state index in [0.29, 0.717) is 12.8 Å². The number of hydrogen-bond donors (Lipinski definition) is 0. The van der Waals surface area contributed by atoms with Gasteiger partial charge in [0, 0.05) is 10.8 Å². The van der Waals surface area contributed by atoms with Gasteiger partial charge in [0.15, 0.2) is 6.61 Å². The Kier molecular flexibility index (Phi) is 10.5. The molecule has 316 valence electrons. The first-order chi connectivity index (χ1) is 25.9. The maximum absolute atomic E-state index is 13.0. The van der Waals surface area contributed by atoms with Crippen LogP contribution in [0.1, 0.15) is 173 Å². The third-order valence-corrected chi connectivity index (χ3v) is 18.3. The lowest BCUT2D eigenvalue weighted by Crippen LogP contribution is -2.69. The van der Waals surface area contributed by atoms with E-state index in [4.69, 9.17) is 18.9 Å². The highest BCUT2D eigenvalue weighted by Crippen LogP contribution is 2.76. The van der Waals surface area contributed by atoms with Crippen molar-refractivity contribution in [2.45, 2.75) is 190 Å². The van der Waals surface area contributed by atoms with Crippen LogP contribution in [0.4, 0.5) is 0 Å². The molecule has 0 N–H and O–H groups in total. The predicted octanol–water partition coefficient (Wildman–Crippen LogP) is 10.3. The Hall–Kier alpha value is -2.12. The summed E-state index contributed by atoms with van der Waals surface area (Å²) >= 11 is 0. The van der Waals surface area contributed by atoms with Crippen molar-refractivity contribution >= 4 is 23.9 Å². The molecule has 11 fully saturated rings. The number of ether oxygens (including phenoxy) is 4. The lowest BCUT2D eigenvalue weighted by Gasteiger charge is -2.74. The first kappa shape index (κ1) is 42.0. The van der Waals surface area contributed by atoms with Crippen LogP contribution < -0.4 is 0 Å². The van der Waals surface area contributed by atoms with Gasteiger partial charge in [-0.1, -0.05) is 13.8 Å². The fourth-order valence-electron chi connectivity index (χ4n) is 14.4. The minimum Gasteiger partial charge on any atom is -0.457 e. The largest absolute Gasteiger partial charge is 0.457 e. The Labute approximate surface area is 338 Å². The standard InChI is InChI=1S/C25H38O4.C23H38O4/c1-6-23(2,3)22(27)28-13-21(26)29-24(4,5)25-10-18-15-7-14-8-16(18)20(12-25)17(9-14)19(15)11-25;1-8-20(2,3)18(24)26-21(4,5)19(25)27-22(6,7)23-12-15-9-16(13-23)11-17(10-15)14-23/h14-20H,6-13H2,1-5H3;15-17H,8-14H2,1-7H3. The van der Waals surface area contributed by atoms with Gasteiger partial charge in [-0.15, -0.1) is 0 Å². The van der Waals surface area contributed by atoms with Crippen LogP contribution in [0.3, 0.4) is 0 Å². The van der Waals surface area contributed by atoms with E-state index in [1.165, 1.54) is 77.0 Å². The molecule has 11 aliphatic carbocycles. The zero-order valence-corrected chi connectivity index (χ0v) is 37.1. The maximum atomic E-state index is 13.0. The van der Waals surface area contributed by atoms with E-state index >= 15 is 0 Å². The SMILES string of the molecule is CCC(C)(C)C(=O)OC(C)(C)C(=O)OC(C)(C)C12CC3CC(CC(C3)C1)C2.CCC(C)(C)C(=O)OCC(=O)OC(C)(C)C12CC3C4CC5CC3C(C1)C(C5)C4C2. The van der Waals surface area contributed by atoms with E-state index in [-0.39, 0.29) is 29.4 Å². The summed E-state index contributed by atoms with van der Waals surface area (Å²) in [6, 6.07) is 0. The number of esters is 4. The van der Waals surface area contributed by atoms with Gasteiger partial charge in [0.1, 0.15) is 11.2 Å². The van der Waals surface area contributed by atoms with Gasteiger partial charge >= 0.3 is 23.9 Å². The molecule has 56 heavy (non-hydrogen) atoms. The number of rotatable bonds is 12. The van der Waals surface area contributed by atoms with Crippen molar-refractivity contribution in [3.8, 4) is 0 Å². The van der Waals surface area contributed by atoms with Crippen molar-refractivity contribution < 1.29 is 38.1 Å². The molecule has 11 saturated carbocycles. The Morgan fingerprint density at radius 3 is 1.29 bits per heavy atom. The van der Waals surface area contributed by atoms with E-state index in [1.807, 2.05) is 41.5 Å². The Morgan fingerprint density at radius 2 is 0.857 bits per heavy atom. The monoisotopic (exact) mass is 781 g/mol. The van der Waals surface area contributed by atoms with Gasteiger partial charge in [-0.25, -0.2) is 9.59 Å². The van der Waals surface area contributed by atoms with Gasteiger partial charge in [-0.05, 0) is 218 Å². The lowest BCUT2D eigenvalue weighted by molar-refractivity contribution is -0.273. The van der Waals surface area contributed by atoms with Crippen molar-refractivity contribution in [1.29, 1.82) is 0 Å². The molecule has 0 atom stereocenters. The van der Waals surface area contributed by atoms with Crippen LogP contribution in [0.25, 0.3) is 0 Å². The summed E-state index contributed by atoms with van der Waals surface area (Å²) in [5, 5.41) is 0. The fourth-order valence-corrected chi connectivity index (χ4v) is 14.4. The maximum Gasteiger partial charge on any atom is 0.350 e.